The molecule has 16 heavy (non-hydrogen) atoms. The lowest BCUT2D eigenvalue weighted by atomic mass is 9.85. The number of phenolic OH excluding ortho intramolecular Hbond substituents is 1. The van der Waals surface area contributed by atoms with Gasteiger partial charge in [-0.1, -0.05) is 32.9 Å². The monoisotopic (exact) mass is 220 g/mol. The van der Waals surface area contributed by atoms with Gasteiger partial charge in [0.15, 0.2) is 0 Å². The molecule has 0 aliphatic heterocycles. The van der Waals surface area contributed by atoms with Crippen LogP contribution in [0.25, 0.3) is 6.08 Å². The lowest BCUT2D eigenvalue weighted by Gasteiger charge is -2.19. The highest BCUT2D eigenvalue weighted by Crippen LogP contribution is 2.28. The van der Waals surface area contributed by atoms with E-state index < -0.39 is 11.4 Å². The standard InChI is InChI=1S/C13H16O3/c1-13(2,3)11(12(15)16)8-9-5-4-6-10(14)7-9/h4-8,14H,1-3H3,(H,15,16)/b11-8+. The van der Waals surface area contributed by atoms with Crippen molar-refractivity contribution in [3.63, 3.8) is 0 Å². The first-order valence-electron chi connectivity index (χ1n) is 5.05. The van der Waals surface area contributed by atoms with Crippen LogP contribution in [0.5, 0.6) is 5.75 Å². The average Bonchev–Trinajstić information content (AvgIpc) is 2.12. The molecule has 0 saturated carbocycles. The third-order valence-electron chi connectivity index (χ3n) is 2.22. The fourth-order valence-corrected chi connectivity index (χ4v) is 1.38. The minimum absolute atomic E-state index is 0.132. The molecule has 0 aliphatic rings. The summed E-state index contributed by atoms with van der Waals surface area (Å²) < 4.78 is 0. The molecule has 0 fully saturated rings. The Bertz CT molecular complexity index is 425. The maximum Gasteiger partial charge on any atom is 0.332 e. The van der Waals surface area contributed by atoms with Crippen LogP contribution >= 0.6 is 0 Å². The zero-order valence-corrected chi connectivity index (χ0v) is 9.69. The van der Waals surface area contributed by atoms with Gasteiger partial charge in [-0.2, -0.15) is 0 Å². The van der Waals surface area contributed by atoms with Crippen molar-refractivity contribution in [2.45, 2.75) is 20.8 Å². The Hall–Kier alpha value is -1.77. The Morgan fingerprint density at radius 1 is 1.31 bits per heavy atom. The van der Waals surface area contributed by atoms with Crippen molar-refractivity contribution in [1.82, 2.24) is 0 Å². The number of aliphatic carboxylic acids is 1. The lowest BCUT2D eigenvalue weighted by molar-refractivity contribution is -0.133. The fourth-order valence-electron chi connectivity index (χ4n) is 1.38. The molecule has 3 heteroatoms. The molecule has 0 spiro atoms. The number of carbonyl (C=O) groups is 1. The van der Waals surface area contributed by atoms with Crippen LogP contribution in [0.4, 0.5) is 0 Å². The van der Waals surface area contributed by atoms with Crippen molar-refractivity contribution < 1.29 is 15.0 Å². The van der Waals surface area contributed by atoms with Crippen molar-refractivity contribution >= 4 is 12.0 Å². The largest absolute Gasteiger partial charge is 0.508 e. The van der Waals surface area contributed by atoms with E-state index in [4.69, 9.17) is 5.11 Å². The SMILES string of the molecule is CC(C)(C)/C(=C/c1cccc(O)c1)C(=O)O. The molecule has 86 valence electrons. The Morgan fingerprint density at radius 2 is 1.94 bits per heavy atom. The molecule has 3 nitrogen and oxygen atoms in total. The summed E-state index contributed by atoms with van der Waals surface area (Å²) in [4.78, 5) is 11.1. The van der Waals surface area contributed by atoms with E-state index in [0.29, 0.717) is 11.1 Å². The molecule has 0 bridgehead atoms. The third kappa shape index (κ3) is 3.12. The summed E-state index contributed by atoms with van der Waals surface area (Å²) in [6.45, 7) is 5.53. The Balaban J connectivity index is 3.18. The second-order valence-electron chi connectivity index (χ2n) is 4.71. The number of carboxylic acid groups (broad SMARTS) is 1. The molecular formula is C13H16O3. The number of aromatic hydroxyl groups is 1. The molecule has 0 heterocycles. The molecule has 1 rings (SSSR count). The van der Waals surface area contributed by atoms with Crippen LogP contribution in [0.2, 0.25) is 0 Å². The summed E-state index contributed by atoms with van der Waals surface area (Å²) >= 11 is 0. The van der Waals surface area contributed by atoms with Crippen LogP contribution in [-0.2, 0) is 4.79 Å². The molecule has 0 aliphatic carbocycles. The van der Waals surface area contributed by atoms with Crippen molar-refractivity contribution in [3.8, 4) is 5.75 Å². The van der Waals surface area contributed by atoms with Gasteiger partial charge in [0, 0.05) is 5.57 Å². The summed E-state index contributed by atoms with van der Waals surface area (Å²) in [7, 11) is 0. The van der Waals surface area contributed by atoms with Crippen molar-refractivity contribution in [2.75, 3.05) is 0 Å². The lowest BCUT2D eigenvalue weighted by Crippen LogP contribution is -2.17. The summed E-state index contributed by atoms with van der Waals surface area (Å²) in [5.74, 6) is -0.803. The van der Waals surface area contributed by atoms with E-state index in [1.54, 1.807) is 24.3 Å². The number of phenols is 1. The zero-order chi connectivity index (χ0) is 12.3. The zero-order valence-electron chi connectivity index (χ0n) is 9.69. The van der Waals surface area contributed by atoms with Crippen molar-refractivity contribution in [1.29, 1.82) is 0 Å². The van der Waals surface area contributed by atoms with Gasteiger partial charge >= 0.3 is 5.97 Å². The molecule has 2 N–H and O–H groups in total. The van der Waals surface area contributed by atoms with Crippen LogP contribution in [0.3, 0.4) is 0 Å². The second kappa shape index (κ2) is 4.39. The maximum atomic E-state index is 11.1. The minimum atomic E-state index is -0.934. The van der Waals surface area contributed by atoms with E-state index in [-0.39, 0.29) is 5.75 Å². The van der Waals surface area contributed by atoms with Crippen LogP contribution in [0.15, 0.2) is 29.8 Å². The van der Waals surface area contributed by atoms with Gasteiger partial charge in [0.2, 0.25) is 0 Å². The first kappa shape index (κ1) is 12.3. The summed E-state index contributed by atoms with van der Waals surface area (Å²) in [6, 6.07) is 6.53. The fraction of sp³-hybridized carbons (Fsp3) is 0.308. The van der Waals surface area contributed by atoms with Crippen molar-refractivity contribution in [3.05, 3.63) is 35.4 Å². The van der Waals surface area contributed by atoms with E-state index in [1.165, 1.54) is 6.07 Å². The Labute approximate surface area is 95.0 Å². The Kier molecular flexibility index (Phi) is 3.38. The van der Waals surface area contributed by atoms with Gasteiger partial charge in [-0.3, -0.25) is 0 Å². The summed E-state index contributed by atoms with van der Waals surface area (Å²) in [5, 5.41) is 18.4. The number of hydrogen-bond donors (Lipinski definition) is 2. The third-order valence-corrected chi connectivity index (χ3v) is 2.22. The minimum Gasteiger partial charge on any atom is -0.508 e. The average molecular weight is 220 g/mol. The van der Waals surface area contributed by atoms with Crippen molar-refractivity contribution in [2.24, 2.45) is 5.41 Å². The first-order valence-corrected chi connectivity index (χ1v) is 5.05. The number of carboxylic acids is 1. The molecule has 0 radical (unpaired) electrons. The molecule has 1 aromatic carbocycles. The highest BCUT2D eigenvalue weighted by atomic mass is 16.4. The highest BCUT2D eigenvalue weighted by molar-refractivity contribution is 5.93. The van der Waals surface area contributed by atoms with Gasteiger partial charge in [-0.15, -0.1) is 0 Å². The second-order valence-corrected chi connectivity index (χ2v) is 4.71. The summed E-state index contributed by atoms with van der Waals surface area (Å²) in [6.07, 6.45) is 1.59. The molecule has 0 amide bonds. The van der Waals surface area contributed by atoms with E-state index in [0.717, 1.165) is 0 Å². The van der Waals surface area contributed by atoms with E-state index in [9.17, 15) is 9.90 Å². The van der Waals surface area contributed by atoms with E-state index in [1.807, 2.05) is 20.8 Å². The Morgan fingerprint density at radius 3 is 2.38 bits per heavy atom. The van der Waals surface area contributed by atoms with Gasteiger partial charge in [0.1, 0.15) is 5.75 Å². The van der Waals surface area contributed by atoms with Crippen LogP contribution in [-0.4, -0.2) is 16.2 Å². The number of hydrogen-bond acceptors (Lipinski definition) is 2. The van der Waals surface area contributed by atoms with Gasteiger partial charge in [-0.05, 0) is 29.2 Å². The van der Waals surface area contributed by atoms with E-state index >= 15 is 0 Å². The quantitative estimate of drug-likeness (QED) is 0.753. The van der Waals surface area contributed by atoms with Crippen LogP contribution < -0.4 is 0 Å². The molecule has 0 unspecified atom stereocenters. The number of benzene rings is 1. The predicted molar refractivity (Wildman–Crippen MR) is 63.2 cm³/mol. The van der Waals surface area contributed by atoms with Gasteiger partial charge in [0.25, 0.3) is 0 Å². The molecule has 0 saturated heterocycles. The summed E-state index contributed by atoms with van der Waals surface area (Å²) in [5.41, 5.74) is 0.572. The predicted octanol–water partition coefficient (Wildman–Crippen LogP) is 2.91. The molecule has 0 aromatic heterocycles. The highest BCUT2D eigenvalue weighted by Gasteiger charge is 2.23. The van der Waals surface area contributed by atoms with Gasteiger partial charge in [-0.25, -0.2) is 4.79 Å². The smallest absolute Gasteiger partial charge is 0.332 e. The topological polar surface area (TPSA) is 57.5 Å². The maximum absolute atomic E-state index is 11.1. The normalized spacial score (nSPS) is 12.6. The molecular weight excluding hydrogens is 204 g/mol. The first-order chi connectivity index (χ1) is 7.30. The molecule has 1 aromatic rings. The van der Waals surface area contributed by atoms with Crippen LogP contribution in [0, 0.1) is 5.41 Å². The van der Waals surface area contributed by atoms with Crippen LogP contribution in [0.1, 0.15) is 26.3 Å². The van der Waals surface area contributed by atoms with Gasteiger partial charge in [0.05, 0.1) is 0 Å². The molecule has 0 atom stereocenters. The van der Waals surface area contributed by atoms with Gasteiger partial charge < -0.3 is 10.2 Å². The van der Waals surface area contributed by atoms with E-state index in [2.05, 4.69) is 0 Å². The number of rotatable bonds is 2.